The van der Waals surface area contributed by atoms with Crippen molar-refractivity contribution in [3.63, 3.8) is 0 Å². The molecule has 0 radical (unpaired) electrons. The first-order valence-electron chi connectivity index (χ1n) is 8.16. The number of thiazole rings is 1. The van der Waals surface area contributed by atoms with E-state index in [4.69, 9.17) is 4.98 Å². The lowest BCUT2D eigenvalue weighted by Crippen LogP contribution is -2.61. The lowest BCUT2D eigenvalue weighted by molar-refractivity contribution is 0.0209. The van der Waals surface area contributed by atoms with E-state index in [1.165, 1.54) is 41.8 Å². The average molecular weight is 301 g/mol. The minimum absolute atomic E-state index is 0.397. The van der Waals surface area contributed by atoms with Crippen LogP contribution in [0.2, 0.25) is 0 Å². The fourth-order valence-corrected chi connectivity index (χ4v) is 4.97. The van der Waals surface area contributed by atoms with Crippen molar-refractivity contribution >= 4 is 21.6 Å². The van der Waals surface area contributed by atoms with Gasteiger partial charge in [0.2, 0.25) is 0 Å². The van der Waals surface area contributed by atoms with E-state index in [0.29, 0.717) is 5.54 Å². The zero-order chi connectivity index (χ0) is 14.1. The first-order chi connectivity index (χ1) is 10.4. The van der Waals surface area contributed by atoms with Crippen LogP contribution in [0.3, 0.4) is 0 Å². The molecule has 0 unspecified atom stereocenters. The molecule has 1 N–H and O–H groups in total. The van der Waals surface area contributed by atoms with Gasteiger partial charge in [-0.2, -0.15) is 0 Å². The fraction of sp³-hybridized carbons (Fsp3) is 0.588. The van der Waals surface area contributed by atoms with Gasteiger partial charge in [-0.25, -0.2) is 4.98 Å². The third kappa shape index (κ3) is 2.60. The second-order valence-corrected chi connectivity index (χ2v) is 7.57. The molecule has 1 aliphatic carbocycles. The summed E-state index contributed by atoms with van der Waals surface area (Å²) in [6, 6.07) is 8.51. The lowest BCUT2D eigenvalue weighted by atomic mass is 9.79. The minimum Gasteiger partial charge on any atom is -0.314 e. The van der Waals surface area contributed by atoms with Gasteiger partial charge in [-0.1, -0.05) is 31.4 Å². The number of rotatable bonds is 2. The van der Waals surface area contributed by atoms with Crippen molar-refractivity contribution in [3.05, 3.63) is 29.3 Å². The van der Waals surface area contributed by atoms with Crippen molar-refractivity contribution < 1.29 is 0 Å². The van der Waals surface area contributed by atoms with Crippen LogP contribution in [0.15, 0.2) is 24.3 Å². The van der Waals surface area contributed by atoms with Crippen molar-refractivity contribution in [2.45, 2.75) is 44.2 Å². The molecule has 1 saturated heterocycles. The summed E-state index contributed by atoms with van der Waals surface area (Å²) in [6.45, 7) is 4.47. The Morgan fingerprint density at radius 1 is 1.19 bits per heavy atom. The van der Waals surface area contributed by atoms with Gasteiger partial charge in [0.15, 0.2) is 0 Å². The molecular weight excluding hydrogens is 278 g/mol. The van der Waals surface area contributed by atoms with E-state index in [0.717, 1.165) is 31.7 Å². The van der Waals surface area contributed by atoms with Crippen LogP contribution in [0.5, 0.6) is 0 Å². The third-order valence-electron chi connectivity index (χ3n) is 5.13. The average Bonchev–Trinajstić information content (AvgIpc) is 2.93. The van der Waals surface area contributed by atoms with Crippen LogP contribution in [0, 0.1) is 0 Å². The topological polar surface area (TPSA) is 28.2 Å². The smallest absolute Gasteiger partial charge is 0.108 e. The van der Waals surface area contributed by atoms with Crippen molar-refractivity contribution in [2.24, 2.45) is 0 Å². The number of hydrogen-bond acceptors (Lipinski definition) is 4. The van der Waals surface area contributed by atoms with Crippen molar-refractivity contribution in [1.29, 1.82) is 0 Å². The quantitative estimate of drug-likeness (QED) is 0.921. The normalized spacial score (nSPS) is 22.9. The molecule has 1 aromatic heterocycles. The number of nitrogens with one attached hydrogen (secondary N) is 1. The van der Waals surface area contributed by atoms with Gasteiger partial charge in [-0.05, 0) is 25.0 Å². The molecule has 1 aliphatic heterocycles. The Morgan fingerprint density at radius 2 is 2.05 bits per heavy atom. The number of nitrogens with zero attached hydrogens (tertiary/aromatic N) is 2. The van der Waals surface area contributed by atoms with Crippen LogP contribution < -0.4 is 5.32 Å². The Bertz CT molecular complexity index is 574. The number of para-hydroxylation sites is 1. The SMILES string of the molecule is c1ccc2sc(CN3CCNCC34CCCCC4)nc2c1. The first-order valence-corrected chi connectivity index (χ1v) is 8.98. The second-order valence-electron chi connectivity index (χ2n) is 6.46. The Morgan fingerprint density at radius 3 is 2.90 bits per heavy atom. The number of benzene rings is 1. The van der Waals surface area contributed by atoms with E-state index in [-0.39, 0.29) is 0 Å². The van der Waals surface area contributed by atoms with Crippen LogP contribution in [-0.4, -0.2) is 35.1 Å². The predicted molar refractivity (Wildman–Crippen MR) is 88.7 cm³/mol. The van der Waals surface area contributed by atoms with E-state index < -0.39 is 0 Å². The maximum Gasteiger partial charge on any atom is 0.108 e. The number of piperazine rings is 1. The van der Waals surface area contributed by atoms with Crippen LogP contribution in [0.1, 0.15) is 37.1 Å². The highest BCUT2D eigenvalue weighted by atomic mass is 32.1. The van der Waals surface area contributed by atoms with Crippen molar-refractivity contribution in [3.8, 4) is 0 Å². The highest BCUT2D eigenvalue weighted by molar-refractivity contribution is 7.18. The summed E-state index contributed by atoms with van der Waals surface area (Å²) in [5.41, 5.74) is 1.55. The molecule has 4 rings (SSSR count). The minimum atomic E-state index is 0.397. The maximum atomic E-state index is 4.84. The molecule has 1 spiro atoms. The summed E-state index contributed by atoms with van der Waals surface area (Å²) in [4.78, 5) is 7.56. The number of fused-ring (bicyclic) bond motifs is 1. The Hall–Kier alpha value is -0.970. The van der Waals surface area contributed by atoms with Crippen LogP contribution in [-0.2, 0) is 6.54 Å². The Balaban J connectivity index is 1.58. The number of hydrogen-bond donors (Lipinski definition) is 1. The molecule has 2 aromatic rings. The molecule has 3 nitrogen and oxygen atoms in total. The summed E-state index contributed by atoms with van der Waals surface area (Å²) < 4.78 is 1.32. The van der Waals surface area contributed by atoms with Crippen LogP contribution in [0.4, 0.5) is 0 Å². The molecular formula is C17H23N3S. The third-order valence-corrected chi connectivity index (χ3v) is 6.15. The molecule has 0 atom stereocenters. The molecule has 112 valence electrons. The van der Waals surface area contributed by atoms with E-state index in [9.17, 15) is 0 Å². The molecule has 2 fully saturated rings. The van der Waals surface area contributed by atoms with Gasteiger partial charge in [0.05, 0.1) is 16.8 Å². The summed E-state index contributed by atoms with van der Waals surface area (Å²) >= 11 is 1.87. The van der Waals surface area contributed by atoms with E-state index >= 15 is 0 Å². The summed E-state index contributed by atoms with van der Waals surface area (Å²) in [5, 5.41) is 4.91. The molecule has 2 heterocycles. The number of aromatic nitrogens is 1. The first kappa shape index (κ1) is 13.7. The van der Waals surface area contributed by atoms with Gasteiger partial charge in [0.25, 0.3) is 0 Å². The Labute approximate surface area is 130 Å². The molecule has 0 amide bonds. The molecule has 4 heteroatoms. The van der Waals surface area contributed by atoms with Gasteiger partial charge in [-0.15, -0.1) is 11.3 Å². The summed E-state index contributed by atoms with van der Waals surface area (Å²) in [7, 11) is 0. The molecule has 1 aromatic carbocycles. The lowest BCUT2D eigenvalue weighted by Gasteiger charge is -2.49. The van der Waals surface area contributed by atoms with E-state index in [2.05, 4.69) is 34.5 Å². The molecule has 2 aliphatic rings. The van der Waals surface area contributed by atoms with Gasteiger partial charge in [-0.3, -0.25) is 4.90 Å². The highest BCUT2D eigenvalue weighted by Gasteiger charge is 2.39. The fourth-order valence-electron chi connectivity index (χ4n) is 3.98. The van der Waals surface area contributed by atoms with Gasteiger partial charge in [0, 0.05) is 25.2 Å². The van der Waals surface area contributed by atoms with Crippen LogP contribution >= 0.6 is 11.3 Å². The molecule has 0 bridgehead atoms. The monoisotopic (exact) mass is 301 g/mol. The standard InChI is InChI=1S/C17H23N3S/c1-4-8-17(9-5-1)13-18-10-11-20(17)12-16-19-14-6-2-3-7-15(14)21-16/h2-3,6-7,18H,1,4-5,8-13H2. The largest absolute Gasteiger partial charge is 0.314 e. The molecule has 21 heavy (non-hydrogen) atoms. The van der Waals surface area contributed by atoms with E-state index in [1.807, 2.05) is 11.3 Å². The maximum absolute atomic E-state index is 4.84. The zero-order valence-corrected chi connectivity index (χ0v) is 13.3. The zero-order valence-electron chi connectivity index (χ0n) is 12.5. The van der Waals surface area contributed by atoms with Gasteiger partial charge < -0.3 is 5.32 Å². The van der Waals surface area contributed by atoms with Crippen molar-refractivity contribution in [1.82, 2.24) is 15.2 Å². The van der Waals surface area contributed by atoms with Crippen molar-refractivity contribution in [2.75, 3.05) is 19.6 Å². The summed E-state index contributed by atoms with van der Waals surface area (Å²) in [6.07, 6.45) is 6.89. The Kier molecular flexibility index (Phi) is 3.69. The second kappa shape index (κ2) is 5.67. The van der Waals surface area contributed by atoms with Crippen LogP contribution in [0.25, 0.3) is 10.2 Å². The predicted octanol–water partition coefficient (Wildman–Crippen LogP) is 3.40. The molecule has 1 saturated carbocycles. The summed E-state index contributed by atoms with van der Waals surface area (Å²) in [5.74, 6) is 0. The van der Waals surface area contributed by atoms with Gasteiger partial charge >= 0.3 is 0 Å². The van der Waals surface area contributed by atoms with E-state index in [1.54, 1.807) is 0 Å². The van der Waals surface area contributed by atoms with Gasteiger partial charge in [0.1, 0.15) is 5.01 Å². The highest BCUT2D eigenvalue weighted by Crippen LogP contribution is 2.36.